The highest BCUT2D eigenvalue weighted by Gasteiger charge is 2.04. The molecule has 0 amide bonds. The molecule has 11 heavy (non-hydrogen) atoms. The second kappa shape index (κ2) is 2.88. The van der Waals surface area contributed by atoms with Crippen LogP contribution in [0.3, 0.4) is 0 Å². The quantitative estimate of drug-likeness (QED) is 0.600. The third kappa shape index (κ3) is 1.38. The van der Waals surface area contributed by atoms with E-state index >= 15 is 0 Å². The summed E-state index contributed by atoms with van der Waals surface area (Å²) in [6.45, 7) is 0. The Labute approximate surface area is 63.7 Å². The Bertz CT molecular complexity index is 304. The van der Waals surface area contributed by atoms with E-state index < -0.39 is 5.88 Å². The van der Waals surface area contributed by atoms with Crippen molar-refractivity contribution in [3.63, 3.8) is 0 Å². The molecule has 0 aliphatic carbocycles. The summed E-state index contributed by atoms with van der Waals surface area (Å²) in [5.41, 5.74) is 0.270. The Hall–Kier alpha value is -1.76. The molecule has 0 atom stereocenters. The molecule has 0 spiro atoms. The van der Waals surface area contributed by atoms with E-state index in [1.165, 1.54) is 19.2 Å². The number of methoxy groups -OCH3 is 1. The molecule has 1 aromatic rings. The third-order valence-corrected chi connectivity index (χ3v) is 1.15. The van der Waals surface area contributed by atoms with E-state index in [-0.39, 0.29) is 11.4 Å². The van der Waals surface area contributed by atoms with Gasteiger partial charge in [-0.1, -0.05) is 0 Å². The minimum atomic E-state index is -0.402. The molecule has 0 saturated carbocycles. The van der Waals surface area contributed by atoms with Crippen molar-refractivity contribution in [1.29, 1.82) is 5.26 Å². The van der Waals surface area contributed by atoms with Gasteiger partial charge in [0.15, 0.2) is 0 Å². The standard InChI is InChI=1S/C7H5N2O2/c1-11-7-5(4-8)2-3-6(10)9-7/h2-3H,1H3. The zero-order valence-electron chi connectivity index (χ0n) is 5.87. The summed E-state index contributed by atoms with van der Waals surface area (Å²) < 4.78 is 4.68. The van der Waals surface area contributed by atoms with Crippen molar-refractivity contribution < 1.29 is 9.84 Å². The van der Waals surface area contributed by atoms with Gasteiger partial charge in [0.1, 0.15) is 11.6 Å². The molecule has 0 bridgehead atoms. The number of nitrogens with zero attached hydrogens (tertiary/aromatic N) is 2. The normalized spacial score (nSPS) is 8.73. The fourth-order valence-electron chi connectivity index (χ4n) is 0.664. The van der Waals surface area contributed by atoms with Crippen molar-refractivity contribution in [2.75, 3.05) is 7.11 Å². The lowest BCUT2D eigenvalue weighted by Crippen LogP contribution is -1.90. The smallest absolute Gasteiger partial charge is 0.273 e. The average Bonchev–Trinajstić information content (AvgIpc) is 2.04. The second-order valence-electron chi connectivity index (χ2n) is 1.82. The minimum absolute atomic E-state index is 0.0833. The van der Waals surface area contributed by atoms with Gasteiger partial charge in [-0.05, 0) is 6.07 Å². The number of hydrogen-bond donors (Lipinski definition) is 0. The molecule has 0 N–H and O–H groups in total. The monoisotopic (exact) mass is 149 g/mol. The molecule has 0 aliphatic rings. The van der Waals surface area contributed by atoms with E-state index in [0.717, 1.165) is 0 Å². The zero-order valence-corrected chi connectivity index (χ0v) is 5.87. The van der Waals surface area contributed by atoms with Crippen LogP contribution in [-0.2, 0) is 5.11 Å². The number of pyridine rings is 1. The first-order valence-corrected chi connectivity index (χ1v) is 2.90. The molecule has 0 saturated heterocycles. The Morgan fingerprint density at radius 1 is 1.64 bits per heavy atom. The van der Waals surface area contributed by atoms with E-state index in [2.05, 4.69) is 9.72 Å². The first kappa shape index (κ1) is 7.35. The van der Waals surface area contributed by atoms with Gasteiger partial charge in [0.25, 0.3) is 5.88 Å². The molecule has 1 rings (SSSR count). The lowest BCUT2D eigenvalue weighted by molar-refractivity contribution is 0.322. The maximum absolute atomic E-state index is 10.6. The number of nitriles is 1. The zero-order chi connectivity index (χ0) is 8.27. The number of hydrogen-bond acceptors (Lipinski definition) is 3. The maximum Gasteiger partial charge on any atom is 0.273 e. The first-order chi connectivity index (χ1) is 5.27. The second-order valence-corrected chi connectivity index (χ2v) is 1.82. The fraction of sp³-hybridized carbons (Fsp3) is 0.143. The number of rotatable bonds is 1. The van der Waals surface area contributed by atoms with Crippen LogP contribution >= 0.6 is 0 Å². The van der Waals surface area contributed by atoms with E-state index in [0.29, 0.717) is 0 Å². The van der Waals surface area contributed by atoms with Crippen LogP contribution in [0.15, 0.2) is 12.1 Å². The van der Waals surface area contributed by atoms with Crippen molar-refractivity contribution in [2.24, 2.45) is 0 Å². The molecule has 0 fully saturated rings. The van der Waals surface area contributed by atoms with Crippen LogP contribution in [0, 0.1) is 11.3 Å². The van der Waals surface area contributed by atoms with Crippen molar-refractivity contribution in [2.45, 2.75) is 0 Å². The first-order valence-electron chi connectivity index (χ1n) is 2.90. The fourth-order valence-corrected chi connectivity index (χ4v) is 0.664. The van der Waals surface area contributed by atoms with Crippen molar-refractivity contribution in [3.05, 3.63) is 17.7 Å². The van der Waals surface area contributed by atoms with Gasteiger partial charge in [-0.2, -0.15) is 10.2 Å². The van der Waals surface area contributed by atoms with Crippen LogP contribution in [0.4, 0.5) is 0 Å². The third-order valence-electron chi connectivity index (χ3n) is 1.15. The van der Waals surface area contributed by atoms with E-state index in [1.54, 1.807) is 0 Å². The molecule has 0 unspecified atom stereocenters. The Morgan fingerprint density at radius 3 is 2.91 bits per heavy atom. The number of aromatic nitrogens is 1. The van der Waals surface area contributed by atoms with Gasteiger partial charge in [-0.3, -0.25) is 5.11 Å². The lowest BCUT2D eigenvalue weighted by atomic mass is 10.3. The van der Waals surface area contributed by atoms with Gasteiger partial charge in [0, 0.05) is 6.07 Å². The summed E-state index contributed by atoms with van der Waals surface area (Å²) in [6.07, 6.45) is 0. The largest absolute Gasteiger partial charge is 0.480 e. The SMILES string of the molecule is COc1nc([O])ccc1C#N. The van der Waals surface area contributed by atoms with E-state index in [4.69, 9.17) is 5.26 Å². The Kier molecular flexibility index (Phi) is 1.93. The van der Waals surface area contributed by atoms with Crippen molar-refractivity contribution in [1.82, 2.24) is 4.98 Å². The summed E-state index contributed by atoms with van der Waals surface area (Å²) >= 11 is 0. The molecular weight excluding hydrogens is 144 g/mol. The highest BCUT2D eigenvalue weighted by molar-refractivity contribution is 5.39. The summed E-state index contributed by atoms with van der Waals surface area (Å²) in [5, 5.41) is 19.1. The van der Waals surface area contributed by atoms with Gasteiger partial charge in [-0.15, -0.1) is 0 Å². The molecule has 1 heterocycles. The van der Waals surface area contributed by atoms with Gasteiger partial charge in [-0.25, -0.2) is 0 Å². The highest BCUT2D eigenvalue weighted by atomic mass is 16.5. The van der Waals surface area contributed by atoms with Gasteiger partial charge in [0.2, 0.25) is 5.88 Å². The van der Waals surface area contributed by atoms with Crippen LogP contribution in [0.1, 0.15) is 5.56 Å². The molecule has 1 radical (unpaired) electrons. The number of ether oxygens (including phenoxy) is 1. The van der Waals surface area contributed by atoms with Crippen molar-refractivity contribution in [3.8, 4) is 17.8 Å². The molecule has 55 valence electrons. The topological polar surface area (TPSA) is 65.8 Å². The average molecular weight is 149 g/mol. The predicted molar refractivity (Wildman–Crippen MR) is 35.6 cm³/mol. The van der Waals surface area contributed by atoms with Crippen LogP contribution in [0.25, 0.3) is 0 Å². The van der Waals surface area contributed by atoms with E-state index in [1.807, 2.05) is 6.07 Å². The summed E-state index contributed by atoms with van der Waals surface area (Å²) in [7, 11) is 1.36. The van der Waals surface area contributed by atoms with Crippen LogP contribution in [0.5, 0.6) is 11.8 Å². The maximum atomic E-state index is 10.6. The molecule has 4 heteroatoms. The van der Waals surface area contributed by atoms with Crippen LogP contribution < -0.4 is 4.74 Å². The molecule has 0 aliphatic heterocycles. The highest BCUT2D eigenvalue weighted by Crippen LogP contribution is 2.17. The Balaban J connectivity index is 3.19. The summed E-state index contributed by atoms with van der Waals surface area (Å²) in [5.74, 6) is -0.319. The van der Waals surface area contributed by atoms with Gasteiger partial charge < -0.3 is 4.74 Å². The van der Waals surface area contributed by atoms with E-state index in [9.17, 15) is 5.11 Å². The lowest BCUT2D eigenvalue weighted by Gasteiger charge is -1.98. The predicted octanol–water partition coefficient (Wildman–Crippen LogP) is 1.11. The molecule has 0 aromatic carbocycles. The summed E-state index contributed by atoms with van der Waals surface area (Å²) in [6, 6.07) is 4.45. The van der Waals surface area contributed by atoms with Crippen LogP contribution in [-0.4, -0.2) is 12.1 Å². The van der Waals surface area contributed by atoms with Crippen LogP contribution in [0.2, 0.25) is 0 Å². The molecule has 4 nitrogen and oxygen atoms in total. The van der Waals surface area contributed by atoms with Gasteiger partial charge in [0.05, 0.1) is 7.11 Å². The summed E-state index contributed by atoms with van der Waals surface area (Å²) in [4.78, 5) is 3.46. The molecular formula is C7H5N2O2. The minimum Gasteiger partial charge on any atom is -0.480 e. The van der Waals surface area contributed by atoms with Gasteiger partial charge >= 0.3 is 0 Å². The Morgan fingerprint density at radius 2 is 2.36 bits per heavy atom. The van der Waals surface area contributed by atoms with Crippen molar-refractivity contribution >= 4 is 0 Å². The molecule has 1 aromatic heterocycles.